The van der Waals surface area contributed by atoms with Gasteiger partial charge in [-0.15, -0.1) is 0 Å². The SMILES string of the molecule is COc1ccc2c3c1O[C@H]1C(OC)(OC)CCC4[C@@H](C2)N(CC2CC2)CC[C@@]341. The van der Waals surface area contributed by atoms with Crippen molar-refractivity contribution in [3.63, 3.8) is 0 Å². The Morgan fingerprint density at radius 1 is 1.11 bits per heavy atom. The molecule has 3 aliphatic carbocycles. The van der Waals surface area contributed by atoms with Crippen molar-refractivity contribution in [2.75, 3.05) is 34.4 Å². The first-order valence-electron chi connectivity index (χ1n) is 10.9. The van der Waals surface area contributed by atoms with Crippen molar-refractivity contribution in [3.05, 3.63) is 23.3 Å². The van der Waals surface area contributed by atoms with E-state index in [1.807, 2.05) is 0 Å². The number of nitrogens with zero attached hydrogens (tertiary/aromatic N) is 1. The van der Waals surface area contributed by atoms with Gasteiger partial charge in [0.1, 0.15) is 0 Å². The lowest BCUT2D eigenvalue weighted by atomic mass is 9.50. The molecule has 0 N–H and O–H groups in total. The van der Waals surface area contributed by atoms with E-state index in [9.17, 15) is 0 Å². The number of hydrogen-bond acceptors (Lipinski definition) is 5. The second kappa shape index (κ2) is 5.87. The van der Waals surface area contributed by atoms with Crippen LogP contribution in [-0.4, -0.2) is 57.3 Å². The first-order valence-corrected chi connectivity index (χ1v) is 10.9. The van der Waals surface area contributed by atoms with Gasteiger partial charge in [0.05, 0.1) is 7.11 Å². The van der Waals surface area contributed by atoms with Crippen molar-refractivity contribution in [3.8, 4) is 11.5 Å². The number of rotatable bonds is 5. The van der Waals surface area contributed by atoms with Crippen LogP contribution >= 0.6 is 0 Å². The van der Waals surface area contributed by atoms with Gasteiger partial charge in [-0.25, -0.2) is 0 Å². The Bertz CT molecular complexity index is 802. The highest BCUT2D eigenvalue weighted by atomic mass is 16.7. The van der Waals surface area contributed by atoms with Crippen molar-refractivity contribution >= 4 is 0 Å². The highest BCUT2D eigenvalue weighted by molar-refractivity contribution is 5.61. The van der Waals surface area contributed by atoms with E-state index >= 15 is 0 Å². The van der Waals surface area contributed by atoms with Gasteiger partial charge >= 0.3 is 0 Å². The Hall–Kier alpha value is -1.30. The normalized spacial score (nSPS) is 37.3. The molecule has 2 aliphatic heterocycles. The predicted octanol–water partition coefficient (Wildman–Crippen LogP) is 3.13. The van der Waals surface area contributed by atoms with Gasteiger partial charge in [0.2, 0.25) is 5.79 Å². The molecule has 2 saturated carbocycles. The van der Waals surface area contributed by atoms with Crippen LogP contribution in [0.5, 0.6) is 11.5 Å². The summed E-state index contributed by atoms with van der Waals surface area (Å²) in [6.45, 7) is 2.43. The monoisotopic (exact) mass is 385 g/mol. The van der Waals surface area contributed by atoms with E-state index in [4.69, 9.17) is 18.9 Å². The summed E-state index contributed by atoms with van der Waals surface area (Å²) >= 11 is 0. The van der Waals surface area contributed by atoms with Crippen LogP contribution in [0.2, 0.25) is 0 Å². The molecule has 152 valence electrons. The minimum absolute atomic E-state index is 0.0214. The fourth-order valence-corrected chi connectivity index (χ4v) is 7.11. The summed E-state index contributed by atoms with van der Waals surface area (Å²) in [5.74, 6) is 2.64. The lowest BCUT2D eigenvalue weighted by molar-refractivity contribution is -0.292. The van der Waals surface area contributed by atoms with Gasteiger partial charge in [0.15, 0.2) is 17.6 Å². The molecule has 0 amide bonds. The van der Waals surface area contributed by atoms with Crippen LogP contribution in [0.3, 0.4) is 0 Å². The second-order valence-corrected chi connectivity index (χ2v) is 9.49. The van der Waals surface area contributed by atoms with E-state index < -0.39 is 5.79 Å². The minimum atomic E-state index is -0.682. The van der Waals surface area contributed by atoms with Crippen LogP contribution in [-0.2, 0) is 21.3 Å². The molecule has 1 unspecified atom stereocenters. The van der Waals surface area contributed by atoms with Gasteiger partial charge in [-0.2, -0.15) is 0 Å². The molecule has 1 aromatic rings. The van der Waals surface area contributed by atoms with Gasteiger partial charge in [-0.05, 0) is 62.1 Å². The zero-order chi connectivity index (χ0) is 19.1. The highest BCUT2D eigenvalue weighted by Crippen LogP contribution is 2.66. The maximum absolute atomic E-state index is 6.73. The van der Waals surface area contributed by atoms with Crippen molar-refractivity contribution in [2.45, 2.75) is 61.9 Å². The molecule has 1 spiro atoms. The van der Waals surface area contributed by atoms with Crippen molar-refractivity contribution in [1.82, 2.24) is 4.90 Å². The zero-order valence-corrected chi connectivity index (χ0v) is 17.2. The molecule has 1 saturated heterocycles. The van der Waals surface area contributed by atoms with Crippen molar-refractivity contribution in [2.24, 2.45) is 11.8 Å². The van der Waals surface area contributed by atoms with Crippen LogP contribution in [0.15, 0.2) is 12.1 Å². The Kier molecular flexibility index (Phi) is 3.68. The molecular weight excluding hydrogens is 354 g/mol. The Labute approximate surface area is 167 Å². The van der Waals surface area contributed by atoms with Gasteiger partial charge in [-0.1, -0.05) is 6.07 Å². The number of benzene rings is 1. The van der Waals surface area contributed by atoms with E-state index in [-0.39, 0.29) is 11.5 Å². The third-order valence-corrected chi connectivity index (χ3v) is 8.52. The Morgan fingerprint density at radius 2 is 1.93 bits per heavy atom. The zero-order valence-electron chi connectivity index (χ0n) is 17.2. The van der Waals surface area contributed by atoms with Crippen LogP contribution in [0.25, 0.3) is 0 Å². The van der Waals surface area contributed by atoms with Gasteiger partial charge in [0.25, 0.3) is 0 Å². The van der Waals surface area contributed by atoms with E-state index in [0.717, 1.165) is 49.6 Å². The summed E-state index contributed by atoms with van der Waals surface area (Å²) in [6.07, 6.45) is 6.99. The van der Waals surface area contributed by atoms with E-state index in [1.54, 1.807) is 21.3 Å². The summed E-state index contributed by atoms with van der Waals surface area (Å²) in [7, 11) is 5.28. The largest absolute Gasteiger partial charge is 0.493 e. The van der Waals surface area contributed by atoms with Gasteiger partial charge in [-0.3, -0.25) is 4.90 Å². The predicted molar refractivity (Wildman–Crippen MR) is 105 cm³/mol. The van der Waals surface area contributed by atoms with Crippen LogP contribution < -0.4 is 9.47 Å². The highest BCUT2D eigenvalue weighted by Gasteiger charge is 2.70. The van der Waals surface area contributed by atoms with Gasteiger partial charge < -0.3 is 18.9 Å². The maximum atomic E-state index is 6.73. The average Bonchev–Trinajstić information content (AvgIpc) is 3.47. The summed E-state index contributed by atoms with van der Waals surface area (Å²) in [5.41, 5.74) is 2.83. The van der Waals surface area contributed by atoms with Crippen LogP contribution in [0, 0.1) is 11.8 Å². The summed E-state index contributed by atoms with van der Waals surface area (Å²) in [5, 5.41) is 0. The standard InChI is InChI=1S/C23H31NO4/c1-25-18-7-6-15-12-17-16-8-9-23(26-2,27-3)21-22(16,19(15)20(18)28-21)10-11-24(17)13-14-4-5-14/h6-7,14,16-17,21H,4-5,8-13H2,1-3H3/t16?,17-,21-,22+/m1/s1. The number of piperidine rings is 1. The number of hydrogen-bond donors (Lipinski definition) is 0. The number of likely N-dealkylation sites (tertiary alicyclic amines) is 1. The quantitative estimate of drug-likeness (QED) is 0.729. The molecule has 0 aromatic heterocycles. The molecule has 1 aromatic carbocycles. The third-order valence-electron chi connectivity index (χ3n) is 8.52. The Balaban J connectivity index is 1.53. The van der Waals surface area contributed by atoms with E-state index in [2.05, 4.69) is 17.0 Å². The molecule has 6 rings (SSSR count). The van der Waals surface area contributed by atoms with Crippen molar-refractivity contribution < 1.29 is 18.9 Å². The first-order chi connectivity index (χ1) is 13.7. The van der Waals surface area contributed by atoms with Crippen molar-refractivity contribution in [1.29, 1.82) is 0 Å². The smallest absolute Gasteiger partial charge is 0.206 e. The molecule has 4 atom stereocenters. The van der Waals surface area contributed by atoms with Crippen LogP contribution in [0.1, 0.15) is 43.2 Å². The topological polar surface area (TPSA) is 40.2 Å². The third kappa shape index (κ3) is 2.03. The van der Waals surface area contributed by atoms with Gasteiger partial charge in [0, 0.05) is 44.2 Å². The van der Waals surface area contributed by atoms with E-state index in [0.29, 0.717) is 12.0 Å². The summed E-state index contributed by atoms with van der Waals surface area (Å²) < 4.78 is 24.5. The lowest BCUT2D eigenvalue weighted by Crippen LogP contribution is -2.71. The molecule has 5 aliphatic rings. The van der Waals surface area contributed by atoms with Crippen LogP contribution in [0.4, 0.5) is 0 Å². The molecular formula is C23H31NO4. The average molecular weight is 386 g/mol. The lowest BCUT2D eigenvalue weighted by Gasteiger charge is -2.61. The minimum Gasteiger partial charge on any atom is -0.493 e. The molecule has 0 radical (unpaired) electrons. The summed E-state index contributed by atoms with van der Waals surface area (Å²) in [6, 6.07) is 4.98. The maximum Gasteiger partial charge on any atom is 0.206 e. The number of methoxy groups -OCH3 is 3. The molecule has 5 heteroatoms. The molecule has 2 bridgehead atoms. The van der Waals surface area contributed by atoms with E-state index in [1.165, 1.54) is 30.5 Å². The molecule has 28 heavy (non-hydrogen) atoms. The first kappa shape index (κ1) is 17.5. The fraction of sp³-hybridized carbons (Fsp3) is 0.739. The second-order valence-electron chi connectivity index (χ2n) is 9.49. The number of ether oxygens (including phenoxy) is 4. The summed E-state index contributed by atoms with van der Waals surface area (Å²) in [4.78, 5) is 2.81. The molecule has 3 fully saturated rings. The molecule has 2 heterocycles. The fourth-order valence-electron chi connectivity index (χ4n) is 7.11. The Morgan fingerprint density at radius 3 is 2.64 bits per heavy atom. The molecule has 5 nitrogen and oxygen atoms in total.